The molecule has 0 saturated carbocycles. The number of rotatable bonds is 1. The van der Waals surface area contributed by atoms with Gasteiger partial charge in [0.2, 0.25) is 5.95 Å². The van der Waals surface area contributed by atoms with Crippen LogP contribution in [0.2, 0.25) is 0 Å². The predicted octanol–water partition coefficient (Wildman–Crippen LogP) is 2.31. The van der Waals surface area contributed by atoms with Crippen LogP contribution in [0.15, 0.2) is 12.1 Å². The summed E-state index contributed by atoms with van der Waals surface area (Å²) in [6, 6.07) is 3.68. The fraction of sp³-hybridized carbons (Fsp3) is 0.615. The van der Waals surface area contributed by atoms with Gasteiger partial charge in [0.15, 0.2) is 0 Å². The van der Waals surface area contributed by atoms with E-state index in [4.69, 9.17) is 0 Å². The van der Waals surface area contributed by atoms with Gasteiger partial charge in [0, 0.05) is 31.7 Å². The molecule has 1 aliphatic rings. The highest BCUT2D eigenvalue weighted by Crippen LogP contribution is 2.15. The van der Waals surface area contributed by atoms with Crippen LogP contribution in [0, 0.1) is 12.9 Å². The Hall–Kier alpha value is -1.16. The zero-order valence-electron chi connectivity index (χ0n) is 11.2. The van der Waals surface area contributed by atoms with Gasteiger partial charge in [0.1, 0.15) is 5.82 Å². The molecule has 0 unspecified atom stereocenters. The Morgan fingerprint density at radius 2 is 1.71 bits per heavy atom. The lowest BCUT2D eigenvalue weighted by atomic mass is 10.3. The van der Waals surface area contributed by atoms with Crippen molar-refractivity contribution in [1.82, 2.24) is 9.88 Å². The third-order valence-corrected chi connectivity index (χ3v) is 2.85. The third-order valence-electron chi connectivity index (χ3n) is 2.85. The molecule has 2 heterocycles. The van der Waals surface area contributed by atoms with Crippen LogP contribution in [0.1, 0.15) is 19.4 Å². The first-order valence-electron chi connectivity index (χ1n) is 6.23. The SMILES string of the molecule is CC.Cc1ccc(N2CCN(C)CC2)nc1F. The van der Waals surface area contributed by atoms with Crippen LogP contribution in [0.5, 0.6) is 0 Å². The first kappa shape index (κ1) is 13.9. The summed E-state index contributed by atoms with van der Waals surface area (Å²) < 4.78 is 13.3. The number of piperazine rings is 1. The second-order valence-electron chi connectivity index (χ2n) is 4.07. The Kier molecular flexibility index (Phi) is 5.35. The van der Waals surface area contributed by atoms with E-state index in [9.17, 15) is 4.39 Å². The molecule has 17 heavy (non-hydrogen) atoms. The summed E-state index contributed by atoms with van der Waals surface area (Å²) >= 11 is 0. The van der Waals surface area contributed by atoms with Gasteiger partial charge in [0.05, 0.1) is 0 Å². The van der Waals surface area contributed by atoms with E-state index in [-0.39, 0.29) is 5.95 Å². The molecular formula is C13H22FN3. The molecule has 0 atom stereocenters. The average Bonchev–Trinajstić information content (AvgIpc) is 2.36. The number of halogens is 1. The van der Waals surface area contributed by atoms with Crippen molar-refractivity contribution in [3.63, 3.8) is 0 Å². The minimum Gasteiger partial charge on any atom is -0.354 e. The molecule has 0 N–H and O–H groups in total. The average molecular weight is 239 g/mol. The van der Waals surface area contributed by atoms with Crippen LogP contribution in [0.4, 0.5) is 10.2 Å². The fourth-order valence-corrected chi connectivity index (χ4v) is 1.71. The number of pyridine rings is 1. The van der Waals surface area contributed by atoms with Gasteiger partial charge in [0.25, 0.3) is 0 Å². The maximum Gasteiger partial charge on any atom is 0.217 e. The molecule has 1 aliphatic heterocycles. The van der Waals surface area contributed by atoms with Crippen molar-refractivity contribution in [3.8, 4) is 0 Å². The quantitative estimate of drug-likeness (QED) is 0.701. The maximum atomic E-state index is 13.3. The largest absolute Gasteiger partial charge is 0.354 e. The molecule has 0 bridgehead atoms. The number of nitrogens with zero attached hydrogens (tertiary/aromatic N) is 3. The monoisotopic (exact) mass is 239 g/mol. The Labute approximate surface area is 103 Å². The van der Waals surface area contributed by atoms with Crippen molar-refractivity contribution in [3.05, 3.63) is 23.6 Å². The van der Waals surface area contributed by atoms with Gasteiger partial charge in [-0.05, 0) is 20.0 Å². The Balaban J connectivity index is 0.000000686. The number of hydrogen-bond acceptors (Lipinski definition) is 3. The molecule has 96 valence electrons. The highest BCUT2D eigenvalue weighted by Gasteiger charge is 2.15. The van der Waals surface area contributed by atoms with Gasteiger partial charge in [-0.1, -0.05) is 19.9 Å². The molecule has 1 aromatic rings. The van der Waals surface area contributed by atoms with Crippen molar-refractivity contribution < 1.29 is 4.39 Å². The van der Waals surface area contributed by atoms with Crippen LogP contribution in [-0.4, -0.2) is 43.1 Å². The van der Waals surface area contributed by atoms with E-state index in [1.54, 1.807) is 13.0 Å². The van der Waals surface area contributed by atoms with Crippen molar-refractivity contribution in [2.75, 3.05) is 38.1 Å². The summed E-state index contributed by atoms with van der Waals surface area (Å²) in [5, 5.41) is 0. The van der Waals surface area contributed by atoms with E-state index in [1.165, 1.54) is 0 Å². The van der Waals surface area contributed by atoms with Gasteiger partial charge in [-0.15, -0.1) is 0 Å². The van der Waals surface area contributed by atoms with Crippen LogP contribution in [0.25, 0.3) is 0 Å². The van der Waals surface area contributed by atoms with Crippen LogP contribution < -0.4 is 4.90 Å². The lowest BCUT2D eigenvalue weighted by Crippen LogP contribution is -2.44. The van der Waals surface area contributed by atoms with Gasteiger partial charge >= 0.3 is 0 Å². The number of hydrogen-bond donors (Lipinski definition) is 0. The molecule has 3 nitrogen and oxygen atoms in total. The zero-order chi connectivity index (χ0) is 12.8. The number of aromatic nitrogens is 1. The maximum absolute atomic E-state index is 13.3. The van der Waals surface area contributed by atoms with Gasteiger partial charge in [-0.25, -0.2) is 4.98 Å². The number of aryl methyl sites for hydroxylation is 1. The van der Waals surface area contributed by atoms with E-state index >= 15 is 0 Å². The minimum absolute atomic E-state index is 0.355. The molecule has 1 fully saturated rings. The summed E-state index contributed by atoms with van der Waals surface area (Å²) in [5.41, 5.74) is 0.605. The first-order valence-corrected chi connectivity index (χ1v) is 6.23. The molecule has 0 amide bonds. The Bertz CT molecular complexity index is 347. The lowest BCUT2D eigenvalue weighted by molar-refractivity contribution is 0.311. The molecule has 4 heteroatoms. The molecule has 2 rings (SSSR count). The summed E-state index contributed by atoms with van der Waals surface area (Å²) in [6.45, 7) is 9.60. The zero-order valence-corrected chi connectivity index (χ0v) is 11.2. The molecular weight excluding hydrogens is 217 g/mol. The third kappa shape index (κ3) is 3.66. The van der Waals surface area contributed by atoms with Gasteiger partial charge in [-0.2, -0.15) is 4.39 Å². The van der Waals surface area contributed by atoms with Crippen LogP contribution in [-0.2, 0) is 0 Å². The summed E-state index contributed by atoms with van der Waals surface area (Å²) in [4.78, 5) is 8.35. The molecule has 0 spiro atoms. The van der Waals surface area contributed by atoms with E-state index in [0.717, 1.165) is 32.0 Å². The van der Waals surface area contributed by atoms with Gasteiger partial charge in [-0.3, -0.25) is 0 Å². The van der Waals surface area contributed by atoms with E-state index < -0.39 is 0 Å². The van der Waals surface area contributed by atoms with Crippen LogP contribution in [0.3, 0.4) is 0 Å². The topological polar surface area (TPSA) is 19.4 Å². The standard InChI is InChI=1S/C11H16FN3.C2H6/c1-9-3-4-10(13-11(9)12)15-7-5-14(2)6-8-15;1-2/h3-4H,5-8H2,1-2H3;1-2H3. The summed E-state index contributed by atoms with van der Waals surface area (Å²) in [6.07, 6.45) is 0. The molecule has 0 radical (unpaired) electrons. The normalized spacial score (nSPS) is 16.4. The number of anilines is 1. The van der Waals surface area contributed by atoms with Crippen molar-refractivity contribution in [2.45, 2.75) is 20.8 Å². The van der Waals surface area contributed by atoms with E-state index in [2.05, 4.69) is 21.8 Å². The number of likely N-dealkylation sites (N-methyl/N-ethyl adjacent to an activating group) is 1. The highest BCUT2D eigenvalue weighted by molar-refractivity contribution is 5.40. The second-order valence-corrected chi connectivity index (χ2v) is 4.07. The molecule has 0 aliphatic carbocycles. The van der Waals surface area contributed by atoms with Crippen molar-refractivity contribution in [1.29, 1.82) is 0 Å². The first-order chi connectivity index (χ1) is 8.16. The second kappa shape index (κ2) is 6.55. The van der Waals surface area contributed by atoms with E-state index in [1.807, 2.05) is 19.9 Å². The molecule has 1 saturated heterocycles. The Morgan fingerprint density at radius 3 is 2.24 bits per heavy atom. The molecule has 1 aromatic heterocycles. The van der Waals surface area contributed by atoms with Crippen molar-refractivity contribution >= 4 is 5.82 Å². The summed E-state index contributed by atoms with van der Waals surface area (Å²) in [5.74, 6) is 0.401. The Morgan fingerprint density at radius 1 is 1.12 bits per heavy atom. The fourth-order valence-electron chi connectivity index (χ4n) is 1.71. The van der Waals surface area contributed by atoms with Gasteiger partial charge < -0.3 is 9.80 Å². The van der Waals surface area contributed by atoms with E-state index in [0.29, 0.717) is 5.56 Å². The lowest BCUT2D eigenvalue weighted by Gasteiger charge is -2.33. The summed E-state index contributed by atoms with van der Waals surface area (Å²) in [7, 11) is 2.10. The minimum atomic E-state index is -0.355. The smallest absolute Gasteiger partial charge is 0.217 e. The predicted molar refractivity (Wildman–Crippen MR) is 70.0 cm³/mol. The van der Waals surface area contributed by atoms with Crippen molar-refractivity contribution in [2.24, 2.45) is 0 Å². The highest BCUT2D eigenvalue weighted by atomic mass is 19.1. The molecule has 0 aromatic carbocycles. The van der Waals surface area contributed by atoms with Crippen LogP contribution >= 0.6 is 0 Å².